The lowest BCUT2D eigenvalue weighted by Gasteiger charge is -2.16. The summed E-state index contributed by atoms with van der Waals surface area (Å²) in [4.78, 5) is 30.0. The van der Waals surface area contributed by atoms with Gasteiger partial charge in [0.05, 0.1) is 16.2 Å². The van der Waals surface area contributed by atoms with Crippen LogP contribution in [-0.2, 0) is 11.3 Å². The lowest BCUT2D eigenvalue weighted by Crippen LogP contribution is -2.27. The molecule has 1 N–H and O–H groups in total. The number of carbonyl (C=O) groups excluding carboxylic acids is 1. The molecule has 6 heteroatoms. The maximum atomic E-state index is 12.8. The minimum Gasteiger partial charge on any atom is -0.325 e. The van der Waals surface area contributed by atoms with Crippen molar-refractivity contribution in [1.29, 1.82) is 0 Å². The number of fused-ring (bicyclic) bond motifs is 1. The summed E-state index contributed by atoms with van der Waals surface area (Å²) in [5, 5.41) is 3.71. The van der Waals surface area contributed by atoms with Gasteiger partial charge in [-0.05, 0) is 44.5 Å². The number of aromatic nitrogens is 2. The molecule has 27 heavy (non-hydrogen) atoms. The Labute approximate surface area is 162 Å². The summed E-state index contributed by atoms with van der Waals surface area (Å²) in [6, 6.07) is 15.0. The van der Waals surface area contributed by atoms with Gasteiger partial charge in [0.15, 0.2) is 5.16 Å². The highest BCUT2D eigenvalue weighted by Crippen LogP contribution is 2.24. The highest BCUT2D eigenvalue weighted by atomic mass is 32.2. The number of carbonyl (C=O) groups is 1. The molecule has 1 atom stereocenters. The van der Waals surface area contributed by atoms with E-state index in [2.05, 4.69) is 10.3 Å². The van der Waals surface area contributed by atoms with Gasteiger partial charge in [-0.25, -0.2) is 4.98 Å². The Hall–Kier alpha value is -2.60. The van der Waals surface area contributed by atoms with Gasteiger partial charge in [-0.1, -0.05) is 48.5 Å². The van der Waals surface area contributed by atoms with Gasteiger partial charge >= 0.3 is 0 Å². The van der Waals surface area contributed by atoms with Crippen LogP contribution in [0, 0.1) is 6.92 Å². The zero-order valence-electron chi connectivity index (χ0n) is 15.7. The van der Waals surface area contributed by atoms with Crippen LogP contribution in [-0.4, -0.2) is 20.7 Å². The van der Waals surface area contributed by atoms with Crippen LogP contribution in [0.3, 0.4) is 0 Å². The first-order chi connectivity index (χ1) is 13.0. The Balaban J connectivity index is 1.85. The van der Waals surface area contributed by atoms with Crippen molar-refractivity contribution < 1.29 is 4.79 Å². The van der Waals surface area contributed by atoms with E-state index in [9.17, 15) is 9.59 Å². The van der Waals surface area contributed by atoms with E-state index < -0.39 is 0 Å². The number of anilines is 1. The molecular weight excluding hydrogens is 358 g/mol. The van der Waals surface area contributed by atoms with Crippen LogP contribution in [0.2, 0.25) is 0 Å². The second-order valence-corrected chi connectivity index (χ2v) is 7.79. The van der Waals surface area contributed by atoms with Crippen LogP contribution in [0.25, 0.3) is 10.9 Å². The van der Waals surface area contributed by atoms with Crippen molar-refractivity contribution in [1.82, 2.24) is 9.55 Å². The van der Waals surface area contributed by atoms with Gasteiger partial charge in [0.25, 0.3) is 5.56 Å². The number of nitrogens with zero attached hydrogens (tertiary/aromatic N) is 2. The Morgan fingerprint density at radius 2 is 1.89 bits per heavy atom. The number of thioether (sulfide) groups is 1. The van der Waals surface area contributed by atoms with Crippen molar-refractivity contribution >= 4 is 34.3 Å². The van der Waals surface area contributed by atoms with Crippen molar-refractivity contribution in [3.8, 4) is 0 Å². The molecule has 0 aliphatic heterocycles. The summed E-state index contributed by atoms with van der Waals surface area (Å²) in [6.07, 6.45) is 0.817. The number of rotatable bonds is 6. The summed E-state index contributed by atoms with van der Waals surface area (Å²) < 4.78 is 1.67. The SMILES string of the molecule is CCCn1c(SC(C)C(=O)Nc2ccc(C)cc2)nc2ccccc2c1=O. The Kier molecular flexibility index (Phi) is 5.96. The van der Waals surface area contributed by atoms with E-state index in [1.54, 1.807) is 10.6 Å². The van der Waals surface area contributed by atoms with Gasteiger partial charge in [-0.15, -0.1) is 0 Å². The van der Waals surface area contributed by atoms with E-state index in [0.29, 0.717) is 22.6 Å². The lowest BCUT2D eigenvalue weighted by atomic mass is 10.2. The number of para-hydroxylation sites is 1. The minimum atomic E-state index is -0.387. The molecule has 1 unspecified atom stereocenters. The summed E-state index contributed by atoms with van der Waals surface area (Å²) in [5.41, 5.74) is 2.49. The molecule has 1 amide bonds. The predicted molar refractivity (Wildman–Crippen MR) is 111 cm³/mol. The summed E-state index contributed by atoms with van der Waals surface area (Å²) in [7, 11) is 0. The molecule has 0 bridgehead atoms. The third kappa shape index (κ3) is 4.39. The molecule has 3 rings (SSSR count). The molecule has 1 heterocycles. The molecule has 0 spiro atoms. The largest absolute Gasteiger partial charge is 0.325 e. The normalized spacial score (nSPS) is 12.1. The second kappa shape index (κ2) is 8.39. The smallest absolute Gasteiger partial charge is 0.262 e. The highest BCUT2D eigenvalue weighted by molar-refractivity contribution is 8.00. The topological polar surface area (TPSA) is 64.0 Å². The number of nitrogens with one attached hydrogen (secondary N) is 1. The first-order valence-electron chi connectivity index (χ1n) is 9.03. The number of amides is 1. The molecular formula is C21H23N3O2S. The number of hydrogen-bond acceptors (Lipinski definition) is 4. The monoisotopic (exact) mass is 381 g/mol. The van der Waals surface area contributed by atoms with Crippen LogP contribution < -0.4 is 10.9 Å². The number of hydrogen-bond donors (Lipinski definition) is 1. The maximum absolute atomic E-state index is 12.8. The molecule has 0 aliphatic carbocycles. The quantitative estimate of drug-likeness (QED) is 0.512. The van der Waals surface area contributed by atoms with Crippen LogP contribution in [0.5, 0.6) is 0 Å². The molecule has 0 fully saturated rings. The van der Waals surface area contributed by atoms with Gasteiger partial charge in [-0.3, -0.25) is 14.2 Å². The summed E-state index contributed by atoms with van der Waals surface area (Å²) in [5.74, 6) is -0.116. The van der Waals surface area contributed by atoms with Crippen LogP contribution in [0.4, 0.5) is 5.69 Å². The predicted octanol–water partition coefficient (Wildman–Crippen LogP) is 4.23. The van der Waals surface area contributed by atoms with Crippen molar-refractivity contribution in [2.75, 3.05) is 5.32 Å². The van der Waals surface area contributed by atoms with Gasteiger partial charge in [0, 0.05) is 12.2 Å². The molecule has 2 aromatic carbocycles. The van der Waals surface area contributed by atoms with Gasteiger partial charge < -0.3 is 5.32 Å². The van der Waals surface area contributed by atoms with Crippen LogP contribution >= 0.6 is 11.8 Å². The standard InChI is InChI=1S/C21H23N3O2S/c1-4-13-24-20(26)17-7-5-6-8-18(17)23-21(24)27-15(3)19(25)22-16-11-9-14(2)10-12-16/h5-12,15H,4,13H2,1-3H3,(H,22,25). The van der Waals surface area contributed by atoms with Crippen molar-refractivity contribution in [3.63, 3.8) is 0 Å². The molecule has 140 valence electrons. The van der Waals surface area contributed by atoms with Crippen molar-refractivity contribution in [2.24, 2.45) is 0 Å². The van der Waals surface area contributed by atoms with E-state index in [1.807, 2.05) is 63.2 Å². The van der Waals surface area contributed by atoms with Crippen LogP contribution in [0.15, 0.2) is 58.5 Å². The van der Waals surface area contributed by atoms with Crippen molar-refractivity contribution in [3.05, 3.63) is 64.4 Å². The number of benzene rings is 2. The molecule has 0 saturated carbocycles. The minimum absolute atomic E-state index is 0.0592. The van der Waals surface area contributed by atoms with E-state index in [4.69, 9.17) is 0 Å². The fourth-order valence-electron chi connectivity index (χ4n) is 2.75. The fourth-order valence-corrected chi connectivity index (χ4v) is 3.69. The summed E-state index contributed by atoms with van der Waals surface area (Å²) in [6.45, 7) is 6.42. The highest BCUT2D eigenvalue weighted by Gasteiger charge is 2.19. The fraction of sp³-hybridized carbons (Fsp3) is 0.286. The van der Waals surface area contributed by atoms with Crippen molar-refractivity contribution in [2.45, 2.75) is 44.1 Å². The molecule has 1 aromatic heterocycles. The second-order valence-electron chi connectivity index (χ2n) is 6.48. The van der Waals surface area contributed by atoms with Gasteiger partial charge in [-0.2, -0.15) is 0 Å². The Morgan fingerprint density at radius 3 is 2.59 bits per heavy atom. The molecule has 0 saturated heterocycles. The Bertz CT molecular complexity index is 1010. The zero-order chi connectivity index (χ0) is 19.4. The average Bonchev–Trinajstić information content (AvgIpc) is 2.66. The maximum Gasteiger partial charge on any atom is 0.262 e. The number of aryl methyl sites for hydroxylation is 1. The van der Waals surface area contributed by atoms with E-state index in [0.717, 1.165) is 17.7 Å². The Morgan fingerprint density at radius 1 is 1.19 bits per heavy atom. The van der Waals surface area contributed by atoms with Crippen LogP contribution in [0.1, 0.15) is 25.8 Å². The molecule has 5 nitrogen and oxygen atoms in total. The molecule has 3 aromatic rings. The van der Waals surface area contributed by atoms with E-state index in [1.165, 1.54) is 11.8 Å². The first-order valence-corrected chi connectivity index (χ1v) is 9.91. The van der Waals surface area contributed by atoms with E-state index in [-0.39, 0.29) is 16.7 Å². The zero-order valence-corrected chi connectivity index (χ0v) is 16.5. The van der Waals surface area contributed by atoms with E-state index >= 15 is 0 Å². The third-order valence-electron chi connectivity index (χ3n) is 4.24. The first kappa shape index (κ1) is 19.2. The third-order valence-corrected chi connectivity index (χ3v) is 5.33. The molecule has 0 aliphatic rings. The average molecular weight is 382 g/mol. The molecule has 0 radical (unpaired) electrons. The lowest BCUT2D eigenvalue weighted by molar-refractivity contribution is -0.115. The van der Waals surface area contributed by atoms with Gasteiger partial charge in [0.2, 0.25) is 5.91 Å². The summed E-state index contributed by atoms with van der Waals surface area (Å²) >= 11 is 1.31. The van der Waals surface area contributed by atoms with Gasteiger partial charge in [0.1, 0.15) is 0 Å².